The standard InChI is InChI=1S/C16H18N3O6P/c17-14-6-7-19(16(20)18-14)15-8-11-9-22-26(21,23-10-13(11)24-15)25-12-4-2-1-3-5-12/h1-7,11,13,15H,8-10H2,(H2,17,18,20)/t11-,13-,15-,26?/m1/s1. The fraction of sp³-hybridized carbons (Fsp3) is 0.375. The Kier molecular flexibility index (Phi) is 4.54. The van der Waals surface area contributed by atoms with Gasteiger partial charge in [-0.1, -0.05) is 18.2 Å². The van der Waals surface area contributed by atoms with Crippen LogP contribution in [-0.4, -0.2) is 28.9 Å². The Morgan fingerprint density at radius 1 is 1.19 bits per heavy atom. The number of nitrogen functional groups attached to an aromatic ring is 1. The predicted octanol–water partition coefficient (Wildman–Crippen LogP) is 1.96. The van der Waals surface area contributed by atoms with Crippen LogP contribution in [0.1, 0.15) is 12.6 Å². The maximum absolute atomic E-state index is 12.7. The third-order valence-electron chi connectivity index (χ3n) is 4.33. The van der Waals surface area contributed by atoms with Gasteiger partial charge in [-0.05, 0) is 18.2 Å². The van der Waals surface area contributed by atoms with Crippen LogP contribution in [0.4, 0.5) is 5.82 Å². The van der Waals surface area contributed by atoms with E-state index in [1.807, 2.05) is 6.07 Å². The first-order valence-electron chi connectivity index (χ1n) is 8.16. The molecule has 1 aromatic carbocycles. The molecule has 0 amide bonds. The lowest BCUT2D eigenvalue weighted by atomic mass is 10.0. The van der Waals surface area contributed by atoms with Crippen LogP contribution < -0.4 is 15.9 Å². The van der Waals surface area contributed by atoms with Crippen LogP contribution in [0.2, 0.25) is 0 Å². The number of ether oxygens (including phenoxy) is 1. The lowest BCUT2D eigenvalue weighted by Gasteiger charge is -2.18. The van der Waals surface area contributed by atoms with Gasteiger partial charge in [0.25, 0.3) is 0 Å². The molecule has 2 saturated heterocycles. The second-order valence-electron chi connectivity index (χ2n) is 6.11. The van der Waals surface area contributed by atoms with Gasteiger partial charge in [0, 0.05) is 18.5 Å². The monoisotopic (exact) mass is 379 g/mol. The Morgan fingerprint density at radius 2 is 1.96 bits per heavy atom. The lowest BCUT2D eigenvalue weighted by Crippen LogP contribution is -2.27. The van der Waals surface area contributed by atoms with Crippen molar-refractivity contribution in [2.24, 2.45) is 5.92 Å². The quantitative estimate of drug-likeness (QED) is 0.805. The molecule has 4 atom stereocenters. The molecule has 3 heterocycles. The van der Waals surface area contributed by atoms with Crippen LogP contribution in [0.25, 0.3) is 0 Å². The summed E-state index contributed by atoms with van der Waals surface area (Å²) < 4.78 is 36.2. The Hall–Kier alpha value is -2.19. The molecule has 0 aliphatic carbocycles. The zero-order valence-corrected chi connectivity index (χ0v) is 14.7. The highest BCUT2D eigenvalue weighted by molar-refractivity contribution is 7.48. The number of benzene rings is 1. The molecule has 0 radical (unpaired) electrons. The van der Waals surface area contributed by atoms with E-state index in [1.54, 1.807) is 30.5 Å². The lowest BCUT2D eigenvalue weighted by molar-refractivity contribution is -0.0258. The maximum Gasteiger partial charge on any atom is 0.530 e. The van der Waals surface area contributed by atoms with Crippen LogP contribution >= 0.6 is 7.82 Å². The second kappa shape index (κ2) is 6.85. The van der Waals surface area contributed by atoms with Crippen molar-refractivity contribution in [1.82, 2.24) is 9.55 Å². The summed E-state index contributed by atoms with van der Waals surface area (Å²) in [6, 6.07) is 10.2. The van der Waals surface area contributed by atoms with Gasteiger partial charge in [-0.25, -0.2) is 9.36 Å². The average molecular weight is 379 g/mol. The van der Waals surface area contributed by atoms with E-state index in [9.17, 15) is 9.36 Å². The van der Waals surface area contributed by atoms with Gasteiger partial charge < -0.3 is 15.0 Å². The number of aromatic nitrogens is 2. The summed E-state index contributed by atoms with van der Waals surface area (Å²) in [4.78, 5) is 15.7. The molecule has 0 bridgehead atoms. The molecule has 0 saturated carbocycles. The van der Waals surface area contributed by atoms with Gasteiger partial charge >= 0.3 is 13.5 Å². The smallest absolute Gasteiger partial charge is 0.404 e. The van der Waals surface area contributed by atoms with E-state index in [0.29, 0.717) is 12.2 Å². The molecule has 9 nitrogen and oxygen atoms in total. The fourth-order valence-electron chi connectivity index (χ4n) is 3.01. The van der Waals surface area contributed by atoms with Gasteiger partial charge in [0.15, 0.2) is 0 Å². The first kappa shape index (κ1) is 17.2. The number of hydrogen-bond acceptors (Lipinski definition) is 8. The molecule has 1 aromatic heterocycles. The molecule has 2 aliphatic heterocycles. The van der Waals surface area contributed by atoms with Gasteiger partial charge in [-0.15, -0.1) is 0 Å². The summed E-state index contributed by atoms with van der Waals surface area (Å²) in [5, 5.41) is 0. The third-order valence-corrected chi connectivity index (χ3v) is 5.69. The molecule has 1 unspecified atom stereocenters. The molecule has 0 spiro atoms. The Labute approximate surface area is 149 Å². The molecular formula is C16H18N3O6P. The number of fused-ring (bicyclic) bond motifs is 1. The summed E-state index contributed by atoms with van der Waals surface area (Å²) >= 11 is 0. The zero-order chi connectivity index (χ0) is 18.1. The molecule has 2 aromatic rings. The highest BCUT2D eigenvalue weighted by atomic mass is 31.2. The number of nitrogens with two attached hydrogens (primary N) is 1. The molecule has 2 fully saturated rings. The largest absolute Gasteiger partial charge is 0.530 e. The maximum atomic E-state index is 12.7. The summed E-state index contributed by atoms with van der Waals surface area (Å²) in [7, 11) is -3.72. The summed E-state index contributed by atoms with van der Waals surface area (Å²) in [5.74, 6) is 0.477. The number of rotatable bonds is 3. The van der Waals surface area contributed by atoms with Crippen LogP contribution in [0.15, 0.2) is 47.4 Å². The van der Waals surface area contributed by atoms with Crippen LogP contribution in [0.5, 0.6) is 5.75 Å². The first-order chi connectivity index (χ1) is 12.5. The number of phosphoric ester groups is 1. The number of nitrogens with zero attached hydrogens (tertiary/aromatic N) is 2. The van der Waals surface area contributed by atoms with Crippen molar-refractivity contribution >= 4 is 13.6 Å². The predicted molar refractivity (Wildman–Crippen MR) is 91.5 cm³/mol. The number of anilines is 1. The van der Waals surface area contributed by atoms with E-state index in [-0.39, 0.29) is 31.1 Å². The van der Waals surface area contributed by atoms with E-state index in [4.69, 9.17) is 24.0 Å². The SMILES string of the molecule is Nc1ccn([C@H]2C[C@@H]3COP(=O)(Oc4ccccc4)OC[C@H]3O2)c(=O)n1. The number of hydrogen-bond donors (Lipinski definition) is 1. The normalized spacial score (nSPS) is 31.2. The minimum absolute atomic E-state index is 0.0441. The molecule has 10 heteroatoms. The summed E-state index contributed by atoms with van der Waals surface area (Å²) in [6.45, 7) is 0.185. The van der Waals surface area contributed by atoms with Crippen molar-refractivity contribution in [1.29, 1.82) is 0 Å². The van der Waals surface area contributed by atoms with E-state index in [1.165, 1.54) is 10.6 Å². The topological polar surface area (TPSA) is 115 Å². The van der Waals surface area contributed by atoms with Crippen molar-refractivity contribution in [3.63, 3.8) is 0 Å². The molecule has 2 N–H and O–H groups in total. The van der Waals surface area contributed by atoms with E-state index in [2.05, 4.69) is 4.98 Å². The highest BCUT2D eigenvalue weighted by Gasteiger charge is 2.44. The Balaban J connectivity index is 1.44. The number of phosphoric acid groups is 1. The van der Waals surface area contributed by atoms with Gasteiger partial charge in [0.2, 0.25) is 0 Å². The average Bonchev–Trinajstić information content (AvgIpc) is 2.96. The summed E-state index contributed by atoms with van der Waals surface area (Å²) in [6.07, 6.45) is 1.20. The van der Waals surface area contributed by atoms with Crippen molar-refractivity contribution in [2.45, 2.75) is 18.8 Å². The van der Waals surface area contributed by atoms with Crippen molar-refractivity contribution in [3.8, 4) is 5.75 Å². The number of para-hydroxylation sites is 1. The van der Waals surface area contributed by atoms with Gasteiger partial charge in [0.05, 0.1) is 19.3 Å². The summed E-state index contributed by atoms with van der Waals surface area (Å²) in [5.41, 5.74) is 5.03. The van der Waals surface area contributed by atoms with Crippen molar-refractivity contribution < 1.29 is 22.9 Å². The molecule has 26 heavy (non-hydrogen) atoms. The first-order valence-corrected chi connectivity index (χ1v) is 9.62. The van der Waals surface area contributed by atoms with Gasteiger partial charge in [0.1, 0.15) is 17.8 Å². The molecular weight excluding hydrogens is 361 g/mol. The molecule has 138 valence electrons. The van der Waals surface area contributed by atoms with Gasteiger partial charge in [-0.3, -0.25) is 13.6 Å². The second-order valence-corrected chi connectivity index (χ2v) is 7.70. The molecule has 4 rings (SSSR count). The zero-order valence-electron chi connectivity index (χ0n) is 13.8. The third kappa shape index (κ3) is 3.52. The molecule has 2 aliphatic rings. The van der Waals surface area contributed by atoms with E-state index >= 15 is 0 Å². The highest BCUT2D eigenvalue weighted by Crippen LogP contribution is 2.53. The van der Waals surface area contributed by atoms with E-state index in [0.717, 1.165) is 0 Å². The van der Waals surface area contributed by atoms with Crippen LogP contribution in [0, 0.1) is 5.92 Å². The Bertz CT molecular complexity index is 869. The van der Waals surface area contributed by atoms with Crippen LogP contribution in [-0.2, 0) is 18.3 Å². The minimum Gasteiger partial charge on any atom is -0.404 e. The fourth-order valence-corrected chi connectivity index (χ4v) is 4.27. The van der Waals surface area contributed by atoms with Crippen molar-refractivity contribution in [2.75, 3.05) is 18.9 Å². The van der Waals surface area contributed by atoms with Gasteiger partial charge in [-0.2, -0.15) is 4.98 Å². The van der Waals surface area contributed by atoms with Crippen LogP contribution in [0.3, 0.4) is 0 Å². The Morgan fingerprint density at radius 3 is 2.73 bits per heavy atom. The van der Waals surface area contributed by atoms with Crippen molar-refractivity contribution in [3.05, 3.63) is 53.1 Å². The minimum atomic E-state index is -3.72. The van der Waals surface area contributed by atoms with E-state index < -0.39 is 19.7 Å².